The molecular weight excluding hydrogens is 605 g/mol. The molecule has 2 N–H and O–H groups in total. The van der Waals surface area contributed by atoms with Crippen molar-refractivity contribution in [3.8, 4) is 5.75 Å². The van der Waals surface area contributed by atoms with E-state index in [2.05, 4.69) is 10.0 Å². The van der Waals surface area contributed by atoms with E-state index in [0.29, 0.717) is 17.1 Å². The van der Waals surface area contributed by atoms with Crippen LogP contribution in [0.4, 0.5) is 10.1 Å². The highest BCUT2D eigenvalue weighted by Crippen LogP contribution is 2.26. The van der Waals surface area contributed by atoms with Crippen LogP contribution >= 0.6 is 11.6 Å². The van der Waals surface area contributed by atoms with Gasteiger partial charge in [-0.25, -0.2) is 12.8 Å². The number of carbonyl (C=O) groups excluding carboxylic acids is 2. The van der Waals surface area contributed by atoms with Crippen molar-refractivity contribution >= 4 is 39.1 Å². The maximum absolute atomic E-state index is 13.8. The van der Waals surface area contributed by atoms with Gasteiger partial charge >= 0.3 is 0 Å². The lowest BCUT2D eigenvalue weighted by molar-refractivity contribution is -0.143. The van der Waals surface area contributed by atoms with Gasteiger partial charge in [-0.2, -0.15) is 0 Å². The molecule has 0 aliphatic rings. The summed E-state index contributed by atoms with van der Waals surface area (Å²) in [6.45, 7) is 2.22. The number of anilines is 1. The zero-order valence-electron chi connectivity index (χ0n) is 24.1. The number of benzene rings is 4. The van der Waals surface area contributed by atoms with Crippen LogP contribution in [0, 0.1) is 5.82 Å². The Morgan fingerprint density at radius 3 is 2.20 bits per heavy atom. The minimum atomic E-state index is -3.94. The molecule has 0 heterocycles. The maximum atomic E-state index is 13.8. The molecule has 0 spiro atoms. The number of carbonyl (C=O) groups is 2. The fourth-order valence-electron chi connectivity index (χ4n) is 4.38. The summed E-state index contributed by atoms with van der Waals surface area (Å²) in [7, 11) is -3.94. The first-order valence-electron chi connectivity index (χ1n) is 14.0. The monoisotopic (exact) mass is 637 g/mol. The van der Waals surface area contributed by atoms with Crippen molar-refractivity contribution in [3.05, 3.63) is 125 Å². The molecule has 4 aromatic rings. The van der Waals surface area contributed by atoms with Crippen LogP contribution in [0.5, 0.6) is 5.75 Å². The van der Waals surface area contributed by atoms with Crippen LogP contribution in [0.1, 0.15) is 36.9 Å². The van der Waals surface area contributed by atoms with Crippen molar-refractivity contribution < 1.29 is 27.1 Å². The molecule has 44 heavy (non-hydrogen) atoms. The van der Waals surface area contributed by atoms with E-state index in [1.807, 2.05) is 25.1 Å². The van der Waals surface area contributed by atoms with Crippen LogP contribution in [-0.4, -0.2) is 38.3 Å². The number of nitrogens with zero attached hydrogens (tertiary/aromatic N) is 1. The quantitative estimate of drug-likeness (QED) is 0.157. The average Bonchev–Trinajstić information content (AvgIpc) is 3.02. The average molecular weight is 638 g/mol. The van der Waals surface area contributed by atoms with Gasteiger partial charge < -0.3 is 15.0 Å². The smallest absolute Gasteiger partial charge is 0.261 e. The van der Waals surface area contributed by atoms with Gasteiger partial charge in [0.15, 0.2) is 6.61 Å². The first kappa shape index (κ1) is 32.5. The molecule has 230 valence electrons. The SMILES string of the molecule is CCCCNC(=O)[C@@H](c1ccccc1)N(Cc1ccc(Cl)cc1)C(=O)COc1ccc(S(=O)(=O)Nc2ccc(F)cc2)cc1. The van der Waals surface area contributed by atoms with E-state index in [0.717, 1.165) is 30.5 Å². The second kappa shape index (κ2) is 15.4. The van der Waals surface area contributed by atoms with E-state index >= 15 is 0 Å². The van der Waals surface area contributed by atoms with Crippen molar-refractivity contribution in [2.24, 2.45) is 0 Å². The number of halogens is 2. The number of ether oxygens (including phenoxy) is 1. The van der Waals surface area contributed by atoms with E-state index in [4.69, 9.17) is 16.3 Å². The highest BCUT2D eigenvalue weighted by atomic mass is 35.5. The van der Waals surface area contributed by atoms with Crippen LogP contribution in [0.15, 0.2) is 108 Å². The van der Waals surface area contributed by atoms with Gasteiger partial charge in [0.25, 0.3) is 15.9 Å². The minimum Gasteiger partial charge on any atom is -0.484 e. The summed E-state index contributed by atoms with van der Waals surface area (Å²) in [5.74, 6) is -0.985. The van der Waals surface area contributed by atoms with Crippen molar-refractivity contribution in [1.82, 2.24) is 10.2 Å². The molecule has 0 aliphatic heterocycles. The molecule has 0 saturated heterocycles. The standard InChI is InChI=1S/C33H33ClFN3O5S/c1-2-3-21-36-33(40)32(25-7-5-4-6-8-25)38(22-24-9-11-26(34)12-10-24)31(39)23-43-29-17-19-30(20-18-29)44(41,42)37-28-15-13-27(35)14-16-28/h4-20,32,37H,2-3,21-23H2,1H3,(H,36,40)/t32-/m1/s1. The molecule has 0 saturated carbocycles. The summed E-state index contributed by atoms with van der Waals surface area (Å²) in [5, 5.41) is 3.50. The highest BCUT2D eigenvalue weighted by Gasteiger charge is 2.31. The van der Waals surface area contributed by atoms with Gasteiger partial charge in [-0.15, -0.1) is 0 Å². The number of amides is 2. The van der Waals surface area contributed by atoms with Gasteiger partial charge in [-0.3, -0.25) is 14.3 Å². The fraction of sp³-hybridized carbons (Fsp3) is 0.212. The van der Waals surface area contributed by atoms with Gasteiger partial charge in [0.1, 0.15) is 17.6 Å². The van der Waals surface area contributed by atoms with Crippen LogP contribution in [-0.2, 0) is 26.2 Å². The number of rotatable bonds is 14. The molecule has 0 unspecified atom stereocenters. The summed E-state index contributed by atoms with van der Waals surface area (Å²) in [6.07, 6.45) is 1.70. The van der Waals surface area contributed by atoms with Crippen molar-refractivity contribution in [2.75, 3.05) is 17.9 Å². The first-order chi connectivity index (χ1) is 21.2. The Kier molecular flexibility index (Phi) is 11.3. The Hall–Kier alpha value is -4.41. The summed E-state index contributed by atoms with van der Waals surface area (Å²) < 4.78 is 46.9. The van der Waals surface area contributed by atoms with Gasteiger partial charge in [0, 0.05) is 23.8 Å². The topological polar surface area (TPSA) is 105 Å². The molecule has 0 fully saturated rings. The molecule has 4 rings (SSSR count). The van der Waals surface area contributed by atoms with Crippen LogP contribution in [0.25, 0.3) is 0 Å². The summed E-state index contributed by atoms with van der Waals surface area (Å²) in [5.41, 5.74) is 1.63. The van der Waals surface area contributed by atoms with Gasteiger partial charge in [0.2, 0.25) is 5.91 Å². The minimum absolute atomic E-state index is 0.0437. The Balaban J connectivity index is 1.53. The molecule has 0 bridgehead atoms. The summed E-state index contributed by atoms with van der Waals surface area (Å²) >= 11 is 6.07. The van der Waals surface area contributed by atoms with Crippen molar-refractivity contribution in [1.29, 1.82) is 0 Å². The van der Waals surface area contributed by atoms with Crippen LogP contribution in [0.2, 0.25) is 5.02 Å². The summed E-state index contributed by atoms with van der Waals surface area (Å²) in [4.78, 5) is 28.7. The molecule has 0 aromatic heterocycles. The Bertz CT molecular complexity index is 1640. The van der Waals surface area contributed by atoms with Gasteiger partial charge in [0.05, 0.1) is 4.90 Å². The van der Waals surface area contributed by atoms with Crippen molar-refractivity contribution in [3.63, 3.8) is 0 Å². The van der Waals surface area contributed by atoms with E-state index < -0.39 is 34.4 Å². The van der Waals surface area contributed by atoms with Gasteiger partial charge in [-0.05, 0) is 78.2 Å². The largest absolute Gasteiger partial charge is 0.484 e. The number of hydrogen-bond donors (Lipinski definition) is 2. The van der Waals surface area contributed by atoms with Crippen LogP contribution in [0.3, 0.4) is 0 Å². The maximum Gasteiger partial charge on any atom is 0.261 e. The lowest BCUT2D eigenvalue weighted by atomic mass is 10.0. The molecular formula is C33H33ClFN3O5S. The molecule has 2 amide bonds. The third-order valence-corrected chi connectivity index (χ3v) is 8.33. The third kappa shape index (κ3) is 9.05. The molecule has 0 radical (unpaired) electrons. The number of unbranched alkanes of at least 4 members (excludes halogenated alkanes) is 1. The number of hydrogen-bond acceptors (Lipinski definition) is 5. The Labute approximate surface area is 261 Å². The van der Waals surface area contributed by atoms with E-state index in [1.165, 1.54) is 41.3 Å². The third-order valence-electron chi connectivity index (χ3n) is 6.68. The molecule has 0 aliphatic carbocycles. The normalized spacial score (nSPS) is 11.8. The summed E-state index contributed by atoms with van der Waals surface area (Å²) in [6, 6.07) is 25.6. The fourth-order valence-corrected chi connectivity index (χ4v) is 5.56. The van der Waals surface area contributed by atoms with E-state index in [1.54, 1.807) is 36.4 Å². The van der Waals surface area contributed by atoms with E-state index in [-0.39, 0.29) is 28.8 Å². The lowest BCUT2D eigenvalue weighted by Gasteiger charge is -2.31. The Morgan fingerprint density at radius 2 is 1.57 bits per heavy atom. The second-order valence-corrected chi connectivity index (χ2v) is 12.1. The second-order valence-electron chi connectivity index (χ2n) is 9.98. The molecule has 1 atom stereocenters. The predicted molar refractivity (Wildman–Crippen MR) is 168 cm³/mol. The Morgan fingerprint density at radius 1 is 0.909 bits per heavy atom. The predicted octanol–water partition coefficient (Wildman–Crippen LogP) is 6.35. The lowest BCUT2D eigenvalue weighted by Crippen LogP contribution is -2.45. The molecule has 4 aromatic carbocycles. The van der Waals surface area contributed by atoms with Crippen molar-refractivity contribution in [2.45, 2.75) is 37.2 Å². The molecule has 8 nitrogen and oxygen atoms in total. The zero-order chi connectivity index (χ0) is 31.5. The zero-order valence-corrected chi connectivity index (χ0v) is 25.7. The number of sulfonamides is 1. The highest BCUT2D eigenvalue weighted by molar-refractivity contribution is 7.92. The van der Waals surface area contributed by atoms with Gasteiger partial charge in [-0.1, -0.05) is 67.4 Å². The van der Waals surface area contributed by atoms with Crippen LogP contribution < -0.4 is 14.8 Å². The first-order valence-corrected chi connectivity index (χ1v) is 15.9. The number of nitrogens with one attached hydrogen (secondary N) is 2. The molecule has 11 heteroatoms. The van der Waals surface area contributed by atoms with E-state index in [9.17, 15) is 22.4 Å².